The second-order valence-electron chi connectivity index (χ2n) is 3.78. The molecule has 0 unspecified atom stereocenters. The molecule has 3 nitrogen and oxygen atoms in total. The first-order valence-corrected chi connectivity index (χ1v) is 5.76. The quantitative estimate of drug-likeness (QED) is 0.774. The molecule has 0 saturated carbocycles. The normalized spacial score (nSPS) is 10.1. The third-order valence-electron chi connectivity index (χ3n) is 2.37. The molecule has 1 aromatic carbocycles. The fraction of sp³-hybridized carbons (Fsp3) is 0.462. The van der Waals surface area contributed by atoms with Crippen molar-refractivity contribution >= 4 is 11.6 Å². The van der Waals surface area contributed by atoms with E-state index >= 15 is 0 Å². The van der Waals surface area contributed by atoms with E-state index in [1.54, 1.807) is 0 Å². The highest BCUT2D eigenvalue weighted by molar-refractivity contribution is 5.91. The Kier molecular flexibility index (Phi) is 5.57. The molecule has 0 radical (unpaired) electrons. The zero-order valence-corrected chi connectivity index (χ0v) is 9.70. The van der Waals surface area contributed by atoms with Gasteiger partial charge in [-0.2, -0.15) is 0 Å². The van der Waals surface area contributed by atoms with Crippen molar-refractivity contribution in [2.24, 2.45) is 0 Å². The van der Waals surface area contributed by atoms with Crippen molar-refractivity contribution in [1.82, 2.24) is 0 Å². The van der Waals surface area contributed by atoms with E-state index < -0.39 is 0 Å². The summed E-state index contributed by atoms with van der Waals surface area (Å²) in [6, 6.07) is 7.85. The van der Waals surface area contributed by atoms with Crippen molar-refractivity contribution in [3.8, 4) is 0 Å². The molecule has 0 bridgehead atoms. The van der Waals surface area contributed by atoms with Crippen molar-refractivity contribution in [1.29, 1.82) is 0 Å². The van der Waals surface area contributed by atoms with Crippen LogP contribution >= 0.6 is 0 Å². The average Bonchev–Trinajstić information content (AvgIpc) is 2.29. The van der Waals surface area contributed by atoms with Crippen LogP contribution in [0.25, 0.3) is 0 Å². The molecule has 1 rings (SSSR count). The molecule has 0 spiro atoms. The number of benzene rings is 1. The van der Waals surface area contributed by atoms with Gasteiger partial charge in [-0.15, -0.1) is 0 Å². The van der Waals surface area contributed by atoms with Crippen molar-refractivity contribution in [2.75, 3.05) is 11.9 Å². The zero-order valence-electron chi connectivity index (χ0n) is 9.70. The third kappa shape index (κ3) is 4.03. The number of hydrogen-bond acceptors (Lipinski definition) is 2. The maximum atomic E-state index is 11.5. The molecule has 0 aromatic heterocycles. The van der Waals surface area contributed by atoms with Crippen LogP contribution in [0.5, 0.6) is 0 Å². The van der Waals surface area contributed by atoms with Crippen LogP contribution in [-0.4, -0.2) is 17.6 Å². The number of para-hydroxylation sites is 1. The molecule has 0 aliphatic heterocycles. The van der Waals surface area contributed by atoms with Gasteiger partial charge in [0.25, 0.3) is 0 Å². The highest BCUT2D eigenvalue weighted by Crippen LogP contribution is 2.17. The molecule has 0 aliphatic carbocycles. The number of carbonyl (C=O) groups is 1. The second-order valence-corrected chi connectivity index (χ2v) is 3.78. The number of aliphatic hydroxyl groups excluding tert-OH is 1. The van der Waals surface area contributed by atoms with Crippen LogP contribution in [0.3, 0.4) is 0 Å². The highest BCUT2D eigenvalue weighted by atomic mass is 16.3. The molecule has 0 aliphatic rings. The number of anilines is 1. The van der Waals surface area contributed by atoms with Gasteiger partial charge in [-0.1, -0.05) is 31.5 Å². The minimum atomic E-state index is -0.0300. The third-order valence-corrected chi connectivity index (χ3v) is 2.37. The highest BCUT2D eigenvalue weighted by Gasteiger charge is 2.05. The number of aliphatic hydroxyl groups is 1. The van der Waals surface area contributed by atoms with Crippen LogP contribution in [0.4, 0.5) is 5.69 Å². The molecule has 1 amide bonds. The summed E-state index contributed by atoms with van der Waals surface area (Å²) in [4.78, 5) is 11.5. The lowest BCUT2D eigenvalue weighted by molar-refractivity contribution is -0.116. The largest absolute Gasteiger partial charge is 0.396 e. The van der Waals surface area contributed by atoms with Gasteiger partial charge in [0.2, 0.25) is 5.91 Å². The average molecular weight is 221 g/mol. The number of carbonyl (C=O) groups excluding carboxylic acids is 1. The molecular weight excluding hydrogens is 202 g/mol. The Balaban J connectivity index is 2.61. The first-order chi connectivity index (χ1) is 7.77. The summed E-state index contributed by atoms with van der Waals surface area (Å²) in [5.74, 6) is -0.0300. The van der Waals surface area contributed by atoms with Crippen LogP contribution in [0, 0.1) is 0 Å². The molecule has 0 fully saturated rings. The monoisotopic (exact) mass is 221 g/mol. The Labute approximate surface area is 96.5 Å². The van der Waals surface area contributed by atoms with E-state index in [1.807, 2.05) is 24.3 Å². The van der Waals surface area contributed by atoms with Gasteiger partial charge in [-0.3, -0.25) is 4.79 Å². The number of rotatable bonds is 6. The Hall–Kier alpha value is -1.35. The van der Waals surface area contributed by atoms with Gasteiger partial charge in [-0.05, 0) is 24.5 Å². The van der Waals surface area contributed by atoms with Crippen LogP contribution in [0.15, 0.2) is 24.3 Å². The maximum absolute atomic E-state index is 11.5. The Morgan fingerprint density at radius 3 is 2.81 bits per heavy atom. The molecule has 1 aromatic rings. The summed E-state index contributed by atoms with van der Waals surface area (Å²) < 4.78 is 0. The molecular formula is C13H19NO2. The lowest BCUT2D eigenvalue weighted by Gasteiger charge is -2.09. The predicted octanol–water partition coefficient (Wildman–Crippen LogP) is 2.35. The van der Waals surface area contributed by atoms with Crippen LogP contribution in [-0.2, 0) is 11.2 Å². The summed E-state index contributed by atoms with van der Waals surface area (Å²) in [5, 5.41) is 11.5. The summed E-state index contributed by atoms with van der Waals surface area (Å²) in [5.41, 5.74) is 2.06. The van der Waals surface area contributed by atoms with Crippen LogP contribution in [0.2, 0.25) is 0 Å². The van der Waals surface area contributed by atoms with Crippen molar-refractivity contribution in [3.05, 3.63) is 29.8 Å². The van der Waals surface area contributed by atoms with Gasteiger partial charge < -0.3 is 10.4 Å². The Morgan fingerprint density at radius 2 is 2.12 bits per heavy atom. The molecule has 0 heterocycles. The molecule has 3 heteroatoms. The van der Waals surface area contributed by atoms with Crippen LogP contribution in [0.1, 0.15) is 31.7 Å². The molecule has 0 atom stereocenters. The molecule has 88 valence electrons. The topological polar surface area (TPSA) is 49.3 Å². The minimum absolute atomic E-state index is 0.0300. The van der Waals surface area contributed by atoms with E-state index in [4.69, 9.17) is 5.11 Å². The van der Waals surface area contributed by atoms with Gasteiger partial charge in [0.1, 0.15) is 0 Å². The first kappa shape index (κ1) is 12.7. The van der Waals surface area contributed by atoms with Gasteiger partial charge in [0.15, 0.2) is 0 Å². The van der Waals surface area contributed by atoms with E-state index in [-0.39, 0.29) is 12.5 Å². The van der Waals surface area contributed by atoms with Crippen LogP contribution < -0.4 is 5.32 Å². The minimum Gasteiger partial charge on any atom is -0.396 e. The molecule has 2 N–H and O–H groups in total. The van der Waals surface area contributed by atoms with Gasteiger partial charge in [0, 0.05) is 18.7 Å². The van der Waals surface area contributed by atoms with E-state index in [2.05, 4.69) is 12.2 Å². The number of amides is 1. The van der Waals surface area contributed by atoms with Crippen molar-refractivity contribution in [3.63, 3.8) is 0 Å². The fourth-order valence-corrected chi connectivity index (χ4v) is 1.58. The van der Waals surface area contributed by atoms with E-state index in [9.17, 15) is 4.79 Å². The van der Waals surface area contributed by atoms with Gasteiger partial charge in [0.05, 0.1) is 0 Å². The summed E-state index contributed by atoms with van der Waals surface area (Å²) in [6.07, 6.45) is 2.92. The predicted molar refractivity (Wildman–Crippen MR) is 65.4 cm³/mol. The molecule has 0 saturated heterocycles. The number of aryl methyl sites for hydroxylation is 1. The standard InChI is InChI=1S/C13H19NO2/c1-2-6-11-7-3-4-8-12(11)14-13(16)9-5-10-15/h3-4,7-8,15H,2,5-6,9-10H2,1H3,(H,14,16). The van der Waals surface area contributed by atoms with E-state index in [1.165, 1.54) is 5.56 Å². The zero-order chi connectivity index (χ0) is 11.8. The Bertz CT molecular complexity index is 336. The SMILES string of the molecule is CCCc1ccccc1NC(=O)CCCO. The van der Waals surface area contributed by atoms with Crippen molar-refractivity contribution < 1.29 is 9.90 Å². The van der Waals surface area contributed by atoms with E-state index in [0.717, 1.165) is 18.5 Å². The maximum Gasteiger partial charge on any atom is 0.224 e. The number of nitrogens with one attached hydrogen (secondary N) is 1. The summed E-state index contributed by atoms with van der Waals surface area (Å²) in [6.45, 7) is 2.17. The first-order valence-electron chi connectivity index (χ1n) is 5.76. The van der Waals surface area contributed by atoms with E-state index in [0.29, 0.717) is 12.8 Å². The smallest absolute Gasteiger partial charge is 0.224 e. The summed E-state index contributed by atoms with van der Waals surface area (Å²) in [7, 11) is 0. The fourth-order valence-electron chi connectivity index (χ4n) is 1.58. The summed E-state index contributed by atoms with van der Waals surface area (Å²) >= 11 is 0. The number of hydrogen-bond donors (Lipinski definition) is 2. The Morgan fingerprint density at radius 1 is 1.38 bits per heavy atom. The lowest BCUT2D eigenvalue weighted by Crippen LogP contribution is -2.13. The molecule has 16 heavy (non-hydrogen) atoms. The van der Waals surface area contributed by atoms with Gasteiger partial charge >= 0.3 is 0 Å². The van der Waals surface area contributed by atoms with Crippen molar-refractivity contribution in [2.45, 2.75) is 32.6 Å². The lowest BCUT2D eigenvalue weighted by atomic mass is 10.1. The van der Waals surface area contributed by atoms with Gasteiger partial charge in [-0.25, -0.2) is 0 Å². The second kappa shape index (κ2) is 7.01.